The van der Waals surface area contributed by atoms with Crippen LogP contribution in [0.2, 0.25) is 0 Å². The average molecular weight is 390 g/mol. The highest BCUT2D eigenvalue weighted by molar-refractivity contribution is 7.90. The molecule has 0 aliphatic carbocycles. The Morgan fingerprint density at radius 1 is 1.08 bits per heavy atom. The largest absolute Gasteiger partial charge is 0.244 e. The van der Waals surface area contributed by atoms with Crippen LogP contribution in [0.15, 0.2) is 73.4 Å². The van der Waals surface area contributed by atoms with Gasteiger partial charge in [0.05, 0.1) is 11.3 Å². The van der Waals surface area contributed by atoms with Crippen LogP contribution in [0, 0.1) is 0 Å². The van der Waals surface area contributed by atoms with E-state index in [0.29, 0.717) is 11.4 Å². The van der Waals surface area contributed by atoms with Gasteiger partial charge >= 0.3 is 0 Å². The van der Waals surface area contributed by atoms with Gasteiger partial charge in [0.1, 0.15) is 0 Å². The van der Waals surface area contributed by atoms with Crippen LogP contribution in [-0.4, -0.2) is 18.1 Å². The lowest BCUT2D eigenvalue weighted by atomic mass is 10.0. The number of fused-ring (bicyclic) bond motifs is 1. The first-order chi connectivity index (χ1) is 12.4. The fourth-order valence-corrected chi connectivity index (χ4v) is 4.04. The molecule has 0 aliphatic rings. The van der Waals surface area contributed by atoms with Crippen LogP contribution >= 0.6 is 11.6 Å². The van der Waals surface area contributed by atoms with E-state index in [2.05, 4.69) is 44.7 Å². The zero-order valence-corrected chi connectivity index (χ0v) is 16.7. The summed E-state index contributed by atoms with van der Waals surface area (Å²) < 4.78 is 25.3. The first-order valence-corrected chi connectivity index (χ1v) is 10.6. The first-order valence-electron chi connectivity index (χ1n) is 8.44. The molecule has 3 aromatic rings. The topological polar surface area (TPSA) is 39.1 Å². The molecule has 0 bridgehead atoms. The third-order valence-electron chi connectivity index (χ3n) is 4.00. The minimum atomic E-state index is -3.39. The van der Waals surface area contributed by atoms with E-state index in [9.17, 15) is 8.42 Å². The fourth-order valence-electron chi connectivity index (χ4n) is 2.62. The highest BCUT2D eigenvalue weighted by Gasteiger charge is 2.16. The molecule has 0 spiro atoms. The maximum atomic E-state index is 12.0. The van der Waals surface area contributed by atoms with Crippen molar-refractivity contribution in [3.05, 3.63) is 84.6 Å². The smallest absolute Gasteiger partial charge is 0.242 e. The van der Waals surface area contributed by atoms with Gasteiger partial charge in [0.25, 0.3) is 0 Å². The Hall–Kier alpha value is -2.04. The van der Waals surface area contributed by atoms with Gasteiger partial charge in [-0.15, -0.1) is 18.2 Å². The van der Waals surface area contributed by atoms with E-state index in [0.717, 1.165) is 10.9 Å². The summed E-state index contributed by atoms with van der Waals surface area (Å²) in [6.07, 6.45) is 2.96. The molecule has 0 saturated carbocycles. The molecule has 0 unspecified atom stereocenters. The maximum absolute atomic E-state index is 12.0. The van der Waals surface area contributed by atoms with E-state index in [4.69, 9.17) is 11.6 Å². The SMILES string of the molecule is C=CCS(=O)(=O)n1cc(CCl)c2ccccc21.CC(C)c1ccccc1. The summed E-state index contributed by atoms with van der Waals surface area (Å²) in [6.45, 7) is 7.87. The second-order valence-corrected chi connectivity index (χ2v) is 8.39. The Balaban J connectivity index is 0.000000228. The minimum absolute atomic E-state index is 0.0899. The lowest BCUT2D eigenvalue weighted by Gasteiger charge is -2.04. The molecule has 0 aliphatic heterocycles. The molecule has 0 N–H and O–H groups in total. The van der Waals surface area contributed by atoms with Gasteiger partial charge in [0.15, 0.2) is 0 Å². The number of para-hydroxylation sites is 1. The van der Waals surface area contributed by atoms with E-state index in [-0.39, 0.29) is 11.6 Å². The summed E-state index contributed by atoms with van der Waals surface area (Å²) in [4.78, 5) is 0. The minimum Gasteiger partial charge on any atom is -0.244 e. The monoisotopic (exact) mass is 389 g/mol. The van der Waals surface area contributed by atoms with Gasteiger partial charge in [-0.2, -0.15) is 0 Å². The quantitative estimate of drug-likeness (QED) is 0.423. The number of halogens is 1. The maximum Gasteiger partial charge on any atom is 0.242 e. The molecule has 0 atom stereocenters. The van der Waals surface area contributed by atoms with Gasteiger partial charge in [-0.05, 0) is 23.1 Å². The molecule has 0 radical (unpaired) electrons. The molecule has 0 fully saturated rings. The van der Waals surface area contributed by atoms with E-state index >= 15 is 0 Å². The normalized spacial score (nSPS) is 11.2. The summed E-state index contributed by atoms with van der Waals surface area (Å²) in [5.41, 5.74) is 2.89. The van der Waals surface area contributed by atoms with Crippen molar-refractivity contribution in [2.45, 2.75) is 25.6 Å². The highest BCUT2D eigenvalue weighted by Crippen LogP contribution is 2.24. The van der Waals surface area contributed by atoms with Gasteiger partial charge in [0, 0.05) is 17.5 Å². The second-order valence-electron chi connectivity index (χ2n) is 6.23. The fraction of sp³-hybridized carbons (Fsp3) is 0.238. The van der Waals surface area contributed by atoms with Crippen LogP contribution in [0.5, 0.6) is 0 Å². The van der Waals surface area contributed by atoms with Gasteiger partial charge in [-0.3, -0.25) is 0 Å². The molecule has 0 amide bonds. The highest BCUT2D eigenvalue weighted by atomic mass is 35.5. The zero-order valence-electron chi connectivity index (χ0n) is 15.1. The summed E-state index contributed by atoms with van der Waals surface area (Å²) in [7, 11) is -3.39. The van der Waals surface area contributed by atoms with Gasteiger partial charge < -0.3 is 0 Å². The molecule has 26 heavy (non-hydrogen) atoms. The van der Waals surface area contributed by atoms with Crippen molar-refractivity contribution in [3.63, 3.8) is 0 Å². The number of rotatable bonds is 5. The number of hydrogen-bond acceptors (Lipinski definition) is 2. The number of aromatic nitrogens is 1. The molecular weight excluding hydrogens is 366 g/mol. The van der Waals surface area contributed by atoms with Crippen LogP contribution in [0.25, 0.3) is 10.9 Å². The van der Waals surface area contributed by atoms with E-state index in [1.54, 1.807) is 18.3 Å². The molecule has 5 heteroatoms. The molecule has 3 rings (SSSR count). The van der Waals surface area contributed by atoms with E-state index in [1.165, 1.54) is 15.6 Å². The molecule has 1 heterocycles. The standard InChI is InChI=1S/C12H12ClNO2S.C9H12/c1-2-7-17(15,16)14-9-10(8-13)11-5-3-4-6-12(11)14;1-8(2)9-6-4-3-5-7-9/h2-6,9H,1,7-8H2;3-8H,1-2H3. The lowest BCUT2D eigenvalue weighted by molar-refractivity contribution is 0.592. The zero-order chi connectivity index (χ0) is 19.2. The van der Waals surface area contributed by atoms with Crippen LogP contribution in [-0.2, 0) is 15.9 Å². The Bertz CT molecular complexity index is 960. The number of nitrogens with zero attached hydrogens (tertiary/aromatic N) is 1. The Kier molecular flexibility index (Phi) is 7.06. The summed E-state index contributed by atoms with van der Waals surface area (Å²) in [5, 5.41) is 0.870. The van der Waals surface area contributed by atoms with Crippen LogP contribution < -0.4 is 0 Å². The molecule has 138 valence electrons. The molecule has 0 saturated heterocycles. The third-order valence-corrected chi connectivity index (χ3v) is 5.85. The summed E-state index contributed by atoms with van der Waals surface area (Å²) >= 11 is 5.82. The molecular formula is C21H24ClNO2S. The lowest BCUT2D eigenvalue weighted by Crippen LogP contribution is -2.14. The first kappa shape index (κ1) is 20.3. The molecule has 2 aromatic carbocycles. The molecule has 3 nitrogen and oxygen atoms in total. The van der Waals surface area contributed by atoms with Gasteiger partial charge in [0.2, 0.25) is 10.0 Å². The second kappa shape index (κ2) is 9.06. The Morgan fingerprint density at radius 2 is 1.69 bits per heavy atom. The van der Waals surface area contributed by atoms with E-state index < -0.39 is 10.0 Å². The van der Waals surface area contributed by atoms with Gasteiger partial charge in [-0.1, -0.05) is 68.5 Å². The van der Waals surface area contributed by atoms with Crippen LogP contribution in [0.3, 0.4) is 0 Å². The Morgan fingerprint density at radius 3 is 2.23 bits per heavy atom. The van der Waals surface area contributed by atoms with Crippen LogP contribution in [0.4, 0.5) is 0 Å². The van der Waals surface area contributed by atoms with Crippen molar-refractivity contribution in [2.75, 3.05) is 5.75 Å². The predicted molar refractivity (Wildman–Crippen MR) is 111 cm³/mol. The van der Waals surface area contributed by atoms with E-state index in [1.807, 2.05) is 18.2 Å². The third kappa shape index (κ3) is 4.77. The van der Waals surface area contributed by atoms with Crippen molar-refractivity contribution in [3.8, 4) is 0 Å². The number of benzene rings is 2. The van der Waals surface area contributed by atoms with Crippen molar-refractivity contribution < 1.29 is 8.42 Å². The Labute approximate surface area is 161 Å². The van der Waals surface area contributed by atoms with Crippen molar-refractivity contribution in [1.29, 1.82) is 0 Å². The van der Waals surface area contributed by atoms with Crippen molar-refractivity contribution in [1.82, 2.24) is 3.97 Å². The van der Waals surface area contributed by atoms with Crippen molar-refractivity contribution >= 4 is 32.5 Å². The molecule has 1 aromatic heterocycles. The average Bonchev–Trinajstić information content (AvgIpc) is 3.03. The number of hydrogen-bond donors (Lipinski definition) is 0. The van der Waals surface area contributed by atoms with Gasteiger partial charge in [-0.25, -0.2) is 12.4 Å². The van der Waals surface area contributed by atoms with Crippen LogP contribution in [0.1, 0.15) is 30.9 Å². The number of alkyl halides is 1. The van der Waals surface area contributed by atoms with Crippen molar-refractivity contribution in [2.24, 2.45) is 0 Å². The predicted octanol–water partition coefficient (Wildman–Crippen LogP) is 5.55. The summed E-state index contributed by atoms with van der Waals surface area (Å²) in [5.74, 6) is 0.857. The summed E-state index contributed by atoms with van der Waals surface area (Å²) in [6, 6.07) is 17.8.